The lowest BCUT2D eigenvalue weighted by atomic mass is 9.49. The number of likely N-dealkylation sites (tertiary alicyclic amines) is 1. The Morgan fingerprint density at radius 3 is 3.30 bits per heavy atom. The minimum atomic E-state index is -2.53. The Morgan fingerprint density at radius 1 is 1.61 bits per heavy atom. The largest absolute Gasteiger partial charge is 0.493 e. The number of carbonyl (C=O) groups is 1. The molecule has 0 amide bonds. The van der Waals surface area contributed by atoms with E-state index in [9.17, 15) is 4.79 Å². The molecule has 2 heterocycles. The highest BCUT2D eigenvalue weighted by molar-refractivity contribution is 5.90. The molecular weight excluding hydrogens is 294 g/mol. The summed E-state index contributed by atoms with van der Waals surface area (Å²) in [5.74, 6) is -0.568. The molecule has 1 aromatic carbocycles. The highest BCUT2D eigenvalue weighted by Crippen LogP contribution is 2.64. The Morgan fingerprint density at radius 2 is 2.52 bits per heavy atom. The maximum Gasteiger partial charge on any atom is 0.211 e. The van der Waals surface area contributed by atoms with Crippen LogP contribution in [0.1, 0.15) is 38.6 Å². The van der Waals surface area contributed by atoms with Crippen LogP contribution >= 0.6 is 0 Å². The zero-order chi connectivity index (χ0) is 21.9. The summed E-state index contributed by atoms with van der Waals surface area (Å²) in [4.78, 5) is 14.5. The highest BCUT2D eigenvalue weighted by Gasteiger charge is 2.72. The van der Waals surface area contributed by atoms with E-state index < -0.39 is 48.7 Å². The van der Waals surface area contributed by atoms with E-state index in [4.69, 9.17) is 24.2 Å². The first-order valence-electron chi connectivity index (χ1n) is 11.2. The molecule has 2 aliphatic heterocycles. The van der Waals surface area contributed by atoms with Crippen LogP contribution in [-0.2, 0) is 16.6 Å². The van der Waals surface area contributed by atoms with Crippen molar-refractivity contribution in [2.45, 2.75) is 48.8 Å². The predicted molar refractivity (Wildman–Crippen MR) is 83.0 cm³/mol. The van der Waals surface area contributed by atoms with Crippen molar-refractivity contribution in [3.8, 4) is 11.5 Å². The number of Topliss-reactive ketones (excluding diaryl/α,β-unsaturated/α-hetero) is 1. The molecule has 2 aliphatic carbocycles. The third kappa shape index (κ3) is 1.32. The smallest absolute Gasteiger partial charge is 0.211 e. The number of piperidine rings is 1. The molecule has 2 bridgehead atoms. The standard InChI is InChI=1S/C18H21NO4/c1-19-8-7-17-14-10-3-4-12(22-2)15(14)23-16(17)11(20)5-6-18(17,21)13(19)9-10/h3-4,13,16,21H,5-9H2,1-2H3/t13-,16?,17+,18-/m1/s1/i1D3,5D2,16D,21D. The lowest BCUT2D eigenvalue weighted by Crippen LogP contribution is -2.76. The monoisotopic (exact) mass is 322 g/mol. The molecular formula is C18H21NO4. The van der Waals surface area contributed by atoms with Crippen molar-refractivity contribution in [3.05, 3.63) is 23.3 Å². The summed E-state index contributed by atoms with van der Waals surface area (Å²) in [5.41, 5.74) is -2.08. The summed E-state index contributed by atoms with van der Waals surface area (Å²) in [5, 5.41) is 5.27. The summed E-state index contributed by atoms with van der Waals surface area (Å²) in [6, 6.07) is 2.46. The topological polar surface area (TPSA) is 59.0 Å². The van der Waals surface area contributed by atoms with Crippen LogP contribution in [0.5, 0.6) is 11.5 Å². The van der Waals surface area contributed by atoms with Crippen LogP contribution in [-0.4, -0.2) is 55.6 Å². The molecule has 4 atom stereocenters. The van der Waals surface area contributed by atoms with Crippen molar-refractivity contribution in [3.63, 3.8) is 0 Å². The average Bonchev–Trinajstić information content (AvgIpc) is 2.92. The van der Waals surface area contributed by atoms with Crippen molar-refractivity contribution in [2.24, 2.45) is 0 Å². The van der Waals surface area contributed by atoms with Crippen molar-refractivity contribution < 1.29 is 27.6 Å². The van der Waals surface area contributed by atoms with Crippen LogP contribution in [0, 0.1) is 0 Å². The van der Waals surface area contributed by atoms with Crippen molar-refractivity contribution in [2.75, 3.05) is 20.6 Å². The average molecular weight is 322 g/mol. The Balaban J connectivity index is 1.89. The number of likely N-dealkylation sites (N-methyl/N-ethyl adjacent to an activating group) is 1. The van der Waals surface area contributed by atoms with E-state index in [0.29, 0.717) is 16.9 Å². The van der Waals surface area contributed by atoms with Crippen molar-refractivity contribution in [1.82, 2.24) is 4.90 Å². The molecule has 5 nitrogen and oxygen atoms in total. The van der Waals surface area contributed by atoms with E-state index in [1.807, 2.05) is 0 Å². The number of hydrogen-bond acceptors (Lipinski definition) is 5. The molecule has 1 saturated heterocycles. The summed E-state index contributed by atoms with van der Waals surface area (Å²) in [7, 11) is 1.43. The molecule has 1 N–H and O–H groups in total. The van der Waals surface area contributed by atoms with Crippen LogP contribution in [0.2, 0.25) is 0 Å². The molecule has 1 aromatic rings. The lowest BCUT2D eigenvalue weighted by molar-refractivity contribution is -0.185. The van der Waals surface area contributed by atoms with E-state index in [1.165, 1.54) is 12.0 Å². The number of methoxy groups -OCH3 is 1. The third-order valence-corrected chi connectivity index (χ3v) is 5.94. The number of carbonyl (C=O) groups excluding carboxylic acids is 1. The molecule has 1 spiro atoms. The van der Waals surface area contributed by atoms with E-state index in [0.717, 1.165) is 0 Å². The first-order valence-corrected chi connectivity index (χ1v) is 7.75. The molecule has 2 fully saturated rings. The van der Waals surface area contributed by atoms with Gasteiger partial charge in [-0.15, -0.1) is 0 Å². The van der Waals surface area contributed by atoms with E-state index in [1.54, 1.807) is 12.1 Å². The maximum absolute atomic E-state index is 13.3. The molecule has 1 unspecified atom stereocenters. The van der Waals surface area contributed by atoms with Crippen molar-refractivity contribution >= 4 is 5.78 Å². The number of rotatable bonds is 2. The second-order valence-corrected chi connectivity index (χ2v) is 6.70. The Hall–Kier alpha value is -1.59. The number of aliphatic hydroxyl groups is 1. The quantitative estimate of drug-likeness (QED) is 0.882. The van der Waals surface area contributed by atoms with E-state index in [-0.39, 0.29) is 25.1 Å². The normalized spacial score (nSPS) is 50.9. The van der Waals surface area contributed by atoms with Gasteiger partial charge in [-0.3, -0.25) is 4.79 Å². The Kier molecular flexibility index (Phi) is 1.51. The molecule has 1 saturated carbocycles. The van der Waals surface area contributed by atoms with Gasteiger partial charge >= 0.3 is 0 Å². The molecule has 5 rings (SSSR count). The maximum atomic E-state index is 13.3. The Labute approximate surface area is 145 Å². The third-order valence-electron chi connectivity index (χ3n) is 5.94. The van der Waals surface area contributed by atoms with Gasteiger partial charge < -0.3 is 19.5 Å². The van der Waals surface area contributed by atoms with Gasteiger partial charge in [0.05, 0.1) is 19.5 Å². The lowest BCUT2D eigenvalue weighted by Gasteiger charge is -2.62. The fourth-order valence-corrected chi connectivity index (χ4v) is 4.93. The molecule has 5 heteroatoms. The van der Waals surface area contributed by atoms with Gasteiger partial charge in [0.1, 0.15) is 0 Å². The number of hydrogen-bond donors (Lipinski definition) is 1. The van der Waals surface area contributed by atoms with Gasteiger partial charge in [0.2, 0.25) is 1.43 Å². The van der Waals surface area contributed by atoms with E-state index in [2.05, 4.69) is 0 Å². The second-order valence-electron chi connectivity index (χ2n) is 6.70. The van der Waals surface area contributed by atoms with Gasteiger partial charge in [0.25, 0.3) is 0 Å². The minimum absolute atomic E-state index is 0.000736. The number of nitrogens with zero attached hydrogens (tertiary/aromatic N) is 1. The second kappa shape index (κ2) is 4.08. The van der Waals surface area contributed by atoms with Crippen LogP contribution in [0.15, 0.2) is 12.1 Å². The summed E-state index contributed by atoms with van der Waals surface area (Å²) >= 11 is 0. The fourth-order valence-electron chi connectivity index (χ4n) is 4.93. The fraction of sp³-hybridized carbons (Fsp3) is 0.611. The van der Waals surface area contributed by atoms with Gasteiger partial charge in [-0.05, 0) is 44.4 Å². The van der Waals surface area contributed by atoms with Gasteiger partial charge in [0.15, 0.2) is 23.4 Å². The van der Waals surface area contributed by atoms with Gasteiger partial charge in [-0.25, -0.2) is 0 Å². The first kappa shape index (κ1) is 8.49. The van der Waals surface area contributed by atoms with Crippen LogP contribution in [0.25, 0.3) is 0 Å². The minimum Gasteiger partial charge on any atom is -0.493 e. The summed E-state index contributed by atoms with van der Waals surface area (Å²) in [6.45, 7) is -2.48. The summed E-state index contributed by atoms with van der Waals surface area (Å²) < 4.78 is 69.2. The molecule has 23 heavy (non-hydrogen) atoms. The molecule has 0 radical (unpaired) electrons. The van der Waals surface area contributed by atoms with Crippen molar-refractivity contribution in [1.29, 1.82) is 1.43 Å². The van der Waals surface area contributed by atoms with Crippen LogP contribution < -0.4 is 9.47 Å². The van der Waals surface area contributed by atoms with Gasteiger partial charge in [0, 0.05) is 24.8 Å². The van der Waals surface area contributed by atoms with Gasteiger partial charge in [-0.2, -0.15) is 0 Å². The number of ether oxygens (including phenoxy) is 2. The van der Waals surface area contributed by atoms with Crippen LogP contribution in [0.4, 0.5) is 0 Å². The number of benzene rings is 1. The molecule has 122 valence electrons. The number of ketones is 1. The van der Waals surface area contributed by atoms with Gasteiger partial charge in [-0.1, -0.05) is 6.07 Å². The SMILES string of the molecule is [2H]O[C@@]12CC([2H])([2H])C(=O)C3([2H])Oc4c(OC)ccc5c4[C@@]31CCN(C([2H])([2H])[2H])[C@@H]2C5. The summed E-state index contributed by atoms with van der Waals surface area (Å²) in [6.07, 6.45) is -5.30. The highest BCUT2D eigenvalue weighted by atomic mass is 16.5. The first-order chi connectivity index (χ1) is 13.9. The van der Waals surface area contributed by atoms with E-state index >= 15 is 0 Å². The molecule has 4 aliphatic rings. The molecule has 0 aromatic heterocycles. The zero-order valence-electron chi connectivity index (χ0n) is 19.6. The Bertz CT molecular complexity index is 969. The van der Waals surface area contributed by atoms with Crippen LogP contribution in [0.3, 0.4) is 0 Å². The zero-order valence-corrected chi connectivity index (χ0v) is 12.6. The predicted octanol–water partition coefficient (Wildman–Crippen LogP) is 1.05.